The van der Waals surface area contributed by atoms with Gasteiger partial charge in [0.25, 0.3) is 5.91 Å². The van der Waals surface area contributed by atoms with Gasteiger partial charge in [-0.25, -0.2) is 23.1 Å². The zero-order valence-corrected chi connectivity index (χ0v) is 13.3. The van der Waals surface area contributed by atoms with Crippen LogP contribution in [0.3, 0.4) is 0 Å². The highest BCUT2D eigenvalue weighted by atomic mass is 19.2. The summed E-state index contributed by atoms with van der Waals surface area (Å²) in [5, 5.41) is 5.24. The zero-order chi connectivity index (χ0) is 17.7. The SMILES string of the molecule is CCCCNc1cc(C(=O)Nc2ccc(F)c(F)c2F)nc(C)n1. The van der Waals surface area contributed by atoms with Gasteiger partial charge >= 0.3 is 0 Å². The predicted octanol–water partition coefficient (Wildman–Crippen LogP) is 3.67. The molecule has 1 aromatic carbocycles. The van der Waals surface area contributed by atoms with Crippen LogP contribution in [0.25, 0.3) is 0 Å². The smallest absolute Gasteiger partial charge is 0.274 e. The van der Waals surface area contributed by atoms with Crippen LogP contribution < -0.4 is 10.6 Å². The molecule has 128 valence electrons. The zero-order valence-electron chi connectivity index (χ0n) is 13.3. The minimum absolute atomic E-state index is 0.00867. The summed E-state index contributed by atoms with van der Waals surface area (Å²) in [6.45, 7) is 4.34. The van der Waals surface area contributed by atoms with Crippen molar-refractivity contribution in [2.45, 2.75) is 26.7 Å². The van der Waals surface area contributed by atoms with Gasteiger partial charge in [0.1, 0.15) is 17.3 Å². The number of rotatable bonds is 6. The van der Waals surface area contributed by atoms with Crippen molar-refractivity contribution in [2.24, 2.45) is 0 Å². The molecule has 2 rings (SSSR count). The Morgan fingerprint density at radius 1 is 1.17 bits per heavy atom. The number of nitrogens with one attached hydrogen (secondary N) is 2. The third-order valence-corrected chi connectivity index (χ3v) is 3.19. The van der Waals surface area contributed by atoms with E-state index in [1.807, 2.05) is 6.92 Å². The molecule has 0 saturated carbocycles. The fraction of sp³-hybridized carbons (Fsp3) is 0.312. The van der Waals surface area contributed by atoms with Crippen LogP contribution in [0.15, 0.2) is 18.2 Å². The van der Waals surface area contributed by atoms with Crippen LogP contribution >= 0.6 is 0 Å². The standard InChI is InChI=1S/C16H17F3N4O/c1-3-4-7-20-13-8-12(21-9(2)22-13)16(24)23-11-6-5-10(17)14(18)15(11)19/h5-6,8H,3-4,7H2,1-2H3,(H,23,24)(H,20,21,22). The molecule has 1 aromatic heterocycles. The summed E-state index contributed by atoms with van der Waals surface area (Å²) in [6, 6.07) is 3.09. The number of nitrogens with zero attached hydrogens (tertiary/aromatic N) is 2. The van der Waals surface area contributed by atoms with E-state index in [0.29, 0.717) is 18.2 Å². The number of aromatic nitrogens is 2. The van der Waals surface area contributed by atoms with Crippen LogP contribution in [0.1, 0.15) is 36.1 Å². The van der Waals surface area contributed by atoms with Crippen molar-refractivity contribution < 1.29 is 18.0 Å². The van der Waals surface area contributed by atoms with Gasteiger partial charge in [0.05, 0.1) is 5.69 Å². The van der Waals surface area contributed by atoms with Gasteiger partial charge in [-0.05, 0) is 25.5 Å². The number of hydrogen-bond donors (Lipinski definition) is 2. The van der Waals surface area contributed by atoms with Crippen molar-refractivity contribution in [1.82, 2.24) is 9.97 Å². The molecule has 1 amide bonds. The van der Waals surface area contributed by atoms with Crippen molar-refractivity contribution in [1.29, 1.82) is 0 Å². The van der Waals surface area contributed by atoms with Gasteiger partial charge in [0.2, 0.25) is 0 Å². The predicted molar refractivity (Wildman–Crippen MR) is 84.4 cm³/mol. The molecule has 2 aromatic rings. The third kappa shape index (κ3) is 4.21. The fourth-order valence-corrected chi connectivity index (χ4v) is 1.98. The van der Waals surface area contributed by atoms with Gasteiger partial charge in [-0.1, -0.05) is 13.3 Å². The second-order valence-electron chi connectivity index (χ2n) is 5.14. The second-order valence-corrected chi connectivity index (χ2v) is 5.14. The Labute approximate surface area is 137 Å². The summed E-state index contributed by atoms with van der Waals surface area (Å²) in [5.74, 6) is -4.36. The minimum atomic E-state index is -1.64. The first-order valence-electron chi connectivity index (χ1n) is 7.46. The normalized spacial score (nSPS) is 10.5. The summed E-state index contributed by atoms with van der Waals surface area (Å²) in [7, 11) is 0. The maximum absolute atomic E-state index is 13.6. The van der Waals surface area contributed by atoms with Gasteiger partial charge in [0, 0.05) is 12.6 Å². The van der Waals surface area contributed by atoms with E-state index in [1.165, 1.54) is 6.07 Å². The summed E-state index contributed by atoms with van der Waals surface area (Å²) in [5.41, 5.74) is -0.471. The lowest BCUT2D eigenvalue weighted by Gasteiger charge is -2.09. The molecule has 0 spiro atoms. The lowest BCUT2D eigenvalue weighted by molar-refractivity contribution is 0.102. The molecule has 1 heterocycles. The second kappa shape index (κ2) is 7.76. The van der Waals surface area contributed by atoms with E-state index in [-0.39, 0.29) is 5.69 Å². The molecule has 0 unspecified atom stereocenters. The van der Waals surface area contributed by atoms with Gasteiger partial charge in [0.15, 0.2) is 17.5 Å². The number of unbranched alkanes of at least 4 members (excludes halogenated alkanes) is 1. The lowest BCUT2D eigenvalue weighted by Crippen LogP contribution is -2.17. The molecule has 8 heteroatoms. The van der Waals surface area contributed by atoms with E-state index in [0.717, 1.165) is 25.0 Å². The molecule has 5 nitrogen and oxygen atoms in total. The van der Waals surface area contributed by atoms with E-state index in [2.05, 4.69) is 20.6 Å². The molecular formula is C16H17F3N4O. The van der Waals surface area contributed by atoms with Gasteiger partial charge in [-0.15, -0.1) is 0 Å². The fourth-order valence-electron chi connectivity index (χ4n) is 1.98. The minimum Gasteiger partial charge on any atom is -0.370 e. The van der Waals surface area contributed by atoms with Crippen molar-refractivity contribution in [3.63, 3.8) is 0 Å². The van der Waals surface area contributed by atoms with Gasteiger partial charge in [-0.2, -0.15) is 0 Å². The Hall–Kier alpha value is -2.64. The first kappa shape index (κ1) is 17.7. The average Bonchev–Trinajstić information content (AvgIpc) is 2.55. The first-order chi connectivity index (χ1) is 11.4. The summed E-state index contributed by atoms with van der Waals surface area (Å²) < 4.78 is 39.8. The van der Waals surface area contributed by atoms with Crippen molar-refractivity contribution in [3.8, 4) is 0 Å². The number of carbonyl (C=O) groups is 1. The molecule has 0 saturated heterocycles. The Morgan fingerprint density at radius 3 is 2.62 bits per heavy atom. The Morgan fingerprint density at radius 2 is 1.92 bits per heavy atom. The number of hydrogen-bond acceptors (Lipinski definition) is 4. The van der Waals surface area contributed by atoms with Crippen LogP contribution in [0.5, 0.6) is 0 Å². The Bertz CT molecular complexity index is 752. The molecule has 0 bridgehead atoms. The van der Waals surface area contributed by atoms with Crippen molar-refractivity contribution >= 4 is 17.4 Å². The highest BCUT2D eigenvalue weighted by Crippen LogP contribution is 2.20. The molecule has 0 aliphatic carbocycles. The molecule has 24 heavy (non-hydrogen) atoms. The van der Waals surface area contributed by atoms with Gasteiger partial charge < -0.3 is 10.6 Å². The maximum Gasteiger partial charge on any atom is 0.274 e. The highest BCUT2D eigenvalue weighted by molar-refractivity contribution is 6.03. The molecule has 0 aliphatic rings. The van der Waals surface area contributed by atoms with E-state index in [1.54, 1.807) is 6.92 Å². The van der Waals surface area contributed by atoms with E-state index < -0.39 is 29.0 Å². The van der Waals surface area contributed by atoms with Crippen molar-refractivity contribution in [2.75, 3.05) is 17.2 Å². The largest absolute Gasteiger partial charge is 0.370 e. The highest BCUT2D eigenvalue weighted by Gasteiger charge is 2.17. The molecule has 2 N–H and O–H groups in total. The van der Waals surface area contributed by atoms with E-state index in [9.17, 15) is 18.0 Å². The van der Waals surface area contributed by atoms with Crippen LogP contribution in [0.4, 0.5) is 24.7 Å². The Kier molecular flexibility index (Phi) is 5.73. The van der Waals surface area contributed by atoms with Gasteiger partial charge in [-0.3, -0.25) is 4.79 Å². The molecule has 0 fully saturated rings. The number of carbonyl (C=O) groups excluding carboxylic acids is 1. The average molecular weight is 338 g/mol. The number of halogens is 3. The number of benzene rings is 1. The van der Waals surface area contributed by atoms with E-state index >= 15 is 0 Å². The number of amides is 1. The Balaban J connectivity index is 2.19. The number of anilines is 2. The molecular weight excluding hydrogens is 321 g/mol. The maximum atomic E-state index is 13.6. The van der Waals surface area contributed by atoms with Crippen molar-refractivity contribution in [3.05, 3.63) is 47.2 Å². The summed E-state index contributed by atoms with van der Waals surface area (Å²) in [6.07, 6.45) is 1.93. The monoisotopic (exact) mass is 338 g/mol. The van der Waals surface area contributed by atoms with E-state index in [4.69, 9.17) is 0 Å². The third-order valence-electron chi connectivity index (χ3n) is 3.19. The topological polar surface area (TPSA) is 66.9 Å². The van der Waals surface area contributed by atoms with Crippen LogP contribution in [-0.2, 0) is 0 Å². The lowest BCUT2D eigenvalue weighted by atomic mass is 10.2. The summed E-state index contributed by atoms with van der Waals surface area (Å²) in [4.78, 5) is 20.3. The first-order valence-corrected chi connectivity index (χ1v) is 7.46. The molecule has 0 atom stereocenters. The van der Waals surface area contributed by atoms with Crippen LogP contribution in [-0.4, -0.2) is 22.4 Å². The molecule has 0 aliphatic heterocycles. The van der Waals surface area contributed by atoms with Crippen LogP contribution in [0.2, 0.25) is 0 Å². The number of aryl methyl sites for hydroxylation is 1. The summed E-state index contributed by atoms with van der Waals surface area (Å²) >= 11 is 0. The quantitative estimate of drug-likeness (QED) is 0.623. The molecule has 0 radical (unpaired) electrons. The van der Waals surface area contributed by atoms with Crippen LogP contribution in [0, 0.1) is 24.4 Å².